The van der Waals surface area contributed by atoms with E-state index >= 15 is 0 Å². The zero-order valence-electron chi connectivity index (χ0n) is 25.8. The van der Waals surface area contributed by atoms with Gasteiger partial charge >= 0.3 is 12.1 Å². The topological polar surface area (TPSA) is 144 Å². The maximum absolute atomic E-state index is 13.7. The van der Waals surface area contributed by atoms with E-state index in [1.165, 1.54) is 4.90 Å². The average Bonchev–Trinajstić information content (AvgIpc) is 3.63. The molecule has 3 aliphatic heterocycles. The number of aryl methyl sites for hydroxylation is 1. The Kier molecular flexibility index (Phi) is 9.95. The fraction of sp³-hybridized carbons (Fsp3) is 0.594. The van der Waals surface area contributed by atoms with E-state index in [2.05, 4.69) is 5.32 Å². The van der Waals surface area contributed by atoms with Gasteiger partial charge < -0.3 is 30.0 Å². The number of nitrogens with zero attached hydrogens (tertiary/aromatic N) is 1. The van der Waals surface area contributed by atoms with Crippen LogP contribution in [0.25, 0.3) is 0 Å². The van der Waals surface area contributed by atoms with Crippen molar-refractivity contribution in [3.63, 3.8) is 0 Å². The van der Waals surface area contributed by atoms with Crippen LogP contribution in [0.15, 0.2) is 35.9 Å². The molecule has 10 nitrogen and oxygen atoms in total. The molecule has 0 unspecified atom stereocenters. The van der Waals surface area contributed by atoms with Crippen LogP contribution in [0.4, 0.5) is 10.5 Å². The lowest BCUT2D eigenvalue weighted by Gasteiger charge is -2.41. The number of nitrogens with one attached hydrogen (secondary N) is 1. The quantitative estimate of drug-likeness (QED) is 0.335. The summed E-state index contributed by atoms with van der Waals surface area (Å²) < 4.78 is 17.7. The zero-order chi connectivity index (χ0) is 31.7. The number of esters is 1. The van der Waals surface area contributed by atoms with Crippen molar-refractivity contribution in [2.75, 3.05) is 18.5 Å². The van der Waals surface area contributed by atoms with E-state index in [0.29, 0.717) is 30.1 Å². The predicted octanol–water partition coefficient (Wildman–Crippen LogP) is 4.33. The lowest BCUT2D eigenvalue weighted by atomic mass is 9.82. The van der Waals surface area contributed by atoms with Gasteiger partial charge in [0.15, 0.2) is 0 Å². The van der Waals surface area contributed by atoms with Crippen LogP contribution in [0, 0.1) is 18.8 Å². The number of nitrogens with two attached hydrogens (primary N) is 1. The molecule has 1 aromatic carbocycles. The molecule has 0 aliphatic carbocycles. The van der Waals surface area contributed by atoms with Crippen molar-refractivity contribution in [3.05, 3.63) is 52.1 Å². The Morgan fingerprint density at radius 2 is 2.00 bits per heavy atom. The van der Waals surface area contributed by atoms with Crippen molar-refractivity contribution >= 4 is 35.3 Å². The molecule has 43 heavy (non-hydrogen) atoms. The summed E-state index contributed by atoms with van der Waals surface area (Å²) in [6.45, 7) is 9.71. The predicted molar refractivity (Wildman–Crippen MR) is 164 cm³/mol. The minimum absolute atomic E-state index is 0.109. The van der Waals surface area contributed by atoms with E-state index in [0.717, 1.165) is 16.7 Å². The number of aliphatic hydroxyl groups is 1. The number of carbonyl (C=O) groups is 3. The maximum Gasteiger partial charge on any atom is 0.409 e. The maximum atomic E-state index is 13.7. The Balaban J connectivity index is 1.74. The molecule has 4 rings (SSSR count). The highest BCUT2D eigenvalue weighted by Gasteiger charge is 2.64. The number of epoxide rings is 1. The van der Waals surface area contributed by atoms with Gasteiger partial charge in [-0.05, 0) is 57.4 Å². The van der Waals surface area contributed by atoms with Crippen LogP contribution >= 0.6 is 11.6 Å². The van der Waals surface area contributed by atoms with E-state index in [-0.39, 0.29) is 31.1 Å². The molecule has 0 aromatic heterocycles. The summed E-state index contributed by atoms with van der Waals surface area (Å²) >= 11 is 6.69. The third-order valence-corrected chi connectivity index (χ3v) is 9.44. The molecule has 7 atom stereocenters. The van der Waals surface area contributed by atoms with E-state index in [1.54, 1.807) is 14.0 Å². The van der Waals surface area contributed by atoms with Crippen LogP contribution in [0.5, 0.6) is 0 Å². The van der Waals surface area contributed by atoms with Crippen molar-refractivity contribution in [2.24, 2.45) is 17.6 Å². The van der Waals surface area contributed by atoms with E-state index in [9.17, 15) is 19.5 Å². The molecular weight excluding hydrogens is 574 g/mol. The second-order valence-corrected chi connectivity index (χ2v) is 12.8. The number of anilines is 1. The fourth-order valence-electron chi connectivity index (χ4n) is 6.01. The number of hydrogen-bond acceptors (Lipinski definition) is 8. The van der Waals surface area contributed by atoms with Crippen LogP contribution in [0.2, 0.25) is 5.02 Å². The summed E-state index contributed by atoms with van der Waals surface area (Å²) in [5, 5.41) is 14.6. The first-order valence-electron chi connectivity index (χ1n) is 14.9. The summed E-state index contributed by atoms with van der Waals surface area (Å²) in [5.41, 5.74) is 6.43. The highest BCUT2D eigenvalue weighted by Crippen LogP contribution is 2.49. The van der Waals surface area contributed by atoms with Crippen LogP contribution in [-0.4, -0.2) is 66.3 Å². The van der Waals surface area contributed by atoms with Crippen molar-refractivity contribution in [2.45, 2.75) is 96.4 Å². The standard InChI is InChI=1S/C32H44ClN3O7/c1-18-9-7-10-20(3)32(40)17-24(41-30(39)35-32)21(4)29-31(5,43-29)25(42-27(38)11-8-12-34)16-26(37)36(6)23-15-22(13-18)14-19(2)28(23)33/h7,9-10,14-15,20-21,24-25,29,40H,8,11-13,16-17,34H2,1-6H3,(H,35,39)/b10-7+,18-9+/t20-,21-,24+,25+,29+,31+,32+/m1/s1. The Morgan fingerprint density at radius 3 is 2.70 bits per heavy atom. The van der Waals surface area contributed by atoms with Gasteiger partial charge in [-0.15, -0.1) is 0 Å². The molecule has 0 saturated carbocycles. The smallest absolute Gasteiger partial charge is 0.409 e. The number of allylic oxidation sites excluding steroid dienone is 3. The highest BCUT2D eigenvalue weighted by atomic mass is 35.5. The molecule has 4 bridgehead atoms. The van der Waals surface area contributed by atoms with Crippen LogP contribution in [0.1, 0.15) is 64.5 Å². The van der Waals surface area contributed by atoms with Crippen LogP contribution < -0.4 is 16.0 Å². The van der Waals surface area contributed by atoms with Gasteiger partial charge in [-0.2, -0.15) is 0 Å². The monoisotopic (exact) mass is 617 g/mol. The Hall–Kier alpha value is -2.92. The first-order valence-corrected chi connectivity index (χ1v) is 15.2. The van der Waals surface area contributed by atoms with Crippen molar-refractivity contribution in [1.82, 2.24) is 5.32 Å². The lowest BCUT2D eigenvalue weighted by Crippen LogP contribution is -2.60. The molecule has 2 amide bonds. The summed E-state index contributed by atoms with van der Waals surface area (Å²) in [7, 11) is 1.65. The number of ether oxygens (including phenoxy) is 3. The molecule has 3 heterocycles. The average molecular weight is 618 g/mol. The SMILES string of the molecule is C/C1=C\C=C\[C@@H](C)[C@@]2(O)C[C@H](OC(=O)N2)[C@@H](C)[C@@H]2O[C@@]2(C)[C@@H](OC(=O)CCCN)CC(=O)N(C)c2cc(cc(C)c2Cl)C1. The third-order valence-electron chi connectivity index (χ3n) is 8.95. The molecule has 2 saturated heterocycles. The normalized spacial score (nSPS) is 35.1. The summed E-state index contributed by atoms with van der Waals surface area (Å²) in [6.07, 6.45) is 3.97. The summed E-state index contributed by atoms with van der Waals surface area (Å²) in [4.78, 5) is 40.6. The molecule has 1 aromatic rings. The summed E-state index contributed by atoms with van der Waals surface area (Å²) in [5.74, 6) is -1.59. The number of carbonyl (C=O) groups excluding carboxylic acids is 3. The van der Waals surface area contributed by atoms with E-state index in [1.807, 2.05) is 58.1 Å². The summed E-state index contributed by atoms with van der Waals surface area (Å²) in [6, 6.07) is 3.89. The third kappa shape index (κ3) is 7.25. The number of rotatable bonds is 4. The van der Waals surface area contributed by atoms with Gasteiger partial charge in [-0.1, -0.05) is 55.3 Å². The van der Waals surface area contributed by atoms with Crippen LogP contribution in [-0.2, 0) is 30.2 Å². The van der Waals surface area contributed by atoms with Crippen molar-refractivity contribution in [3.8, 4) is 0 Å². The highest BCUT2D eigenvalue weighted by molar-refractivity contribution is 6.34. The minimum atomic E-state index is -1.55. The Bertz CT molecular complexity index is 1320. The van der Waals surface area contributed by atoms with Gasteiger partial charge in [0, 0.05) is 31.7 Å². The first kappa shape index (κ1) is 33.0. The van der Waals surface area contributed by atoms with E-state index < -0.39 is 47.6 Å². The molecule has 2 fully saturated rings. The molecule has 0 spiro atoms. The second-order valence-electron chi connectivity index (χ2n) is 12.4. The van der Waals surface area contributed by atoms with E-state index in [4.69, 9.17) is 31.5 Å². The number of benzene rings is 1. The fourth-order valence-corrected chi connectivity index (χ4v) is 6.25. The number of amides is 2. The van der Waals surface area contributed by atoms with Gasteiger partial charge in [0.2, 0.25) is 5.91 Å². The van der Waals surface area contributed by atoms with Gasteiger partial charge in [0.25, 0.3) is 0 Å². The zero-order valence-corrected chi connectivity index (χ0v) is 26.6. The van der Waals surface area contributed by atoms with Crippen molar-refractivity contribution < 1.29 is 33.7 Å². The number of alkyl carbamates (subject to hydrolysis) is 1. The minimum Gasteiger partial charge on any atom is -0.459 e. The molecule has 3 aliphatic rings. The Morgan fingerprint density at radius 1 is 1.28 bits per heavy atom. The molecule has 11 heteroatoms. The second kappa shape index (κ2) is 13.0. The Labute approximate surface area is 258 Å². The van der Waals surface area contributed by atoms with Gasteiger partial charge in [0.05, 0.1) is 23.2 Å². The molecular formula is C32H44ClN3O7. The first-order chi connectivity index (χ1) is 20.2. The number of halogens is 1. The number of hydrogen-bond donors (Lipinski definition) is 3. The van der Waals surface area contributed by atoms with Gasteiger partial charge in [-0.3, -0.25) is 14.9 Å². The largest absolute Gasteiger partial charge is 0.459 e. The van der Waals surface area contributed by atoms with Crippen LogP contribution in [0.3, 0.4) is 0 Å². The molecule has 0 radical (unpaired) electrons. The number of fused-ring (bicyclic) bond motifs is 5. The van der Waals surface area contributed by atoms with Gasteiger partial charge in [0.1, 0.15) is 23.5 Å². The van der Waals surface area contributed by atoms with Gasteiger partial charge in [-0.25, -0.2) is 4.79 Å². The molecule has 4 N–H and O–H groups in total. The van der Waals surface area contributed by atoms with Crippen molar-refractivity contribution in [1.29, 1.82) is 0 Å². The lowest BCUT2D eigenvalue weighted by molar-refractivity contribution is -0.153. The molecule has 236 valence electrons.